The van der Waals surface area contributed by atoms with E-state index < -0.39 is 18.1 Å². The predicted octanol–water partition coefficient (Wildman–Crippen LogP) is 3.57. The second-order valence-corrected chi connectivity index (χ2v) is 7.43. The number of aromatic nitrogens is 1. The van der Waals surface area contributed by atoms with E-state index in [2.05, 4.69) is 20.4 Å². The maximum absolute atomic E-state index is 13.2. The number of hydrogen-bond acceptors (Lipinski definition) is 8. The zero-order chi connectivity index (χ0) is 23.3. The van der Waals surface area contributed by atoms with Gasteiger partial charge >= 0.3 is 18.1 Å². The molecule has 3 rings (SSSR count). The summed E-state index contributed by atoms with van der Waals surface area (Å²) in [5.74, 6) is -0.897. The minimum absolute atomic E-state index is 0.0264. The Bertz CT molecular complexity index is 1210. The van der Waals surface area contributed by atoms with E-state index in [1.54, 1.807) is 42.5 Å². The molecule has 0 aliphatic rings. The highest BCUT2D eigenvalue weighted by molar-refractivity contribution is 7.17. The van der Waals surface area contributed by atoms with Gasteiger partial charge < -0.3 is 20.5 Å². The minimum Gasteiger partial charge on any atom is -0.496 e. The third-order valence-electron chi connectivity index (χ3n) is 4.14. The maximum atomic E-state index is 13.2. The molecule has 10 nitrogen and oxygen atoms in total. The lowest BCUT2D eigenvalue weighted by Gasteiger charge is -2.13. The number of nitrogens with two attached hydrogens (primary N) is 1. The van der Waals surface area contributed by atoms with E-state index in [1.807, 2.05) is 6.92 Å². The van der Waals surface area contributed by atoms with Crippen molar-refractivity contribution in [1.29, 1.82) is 0 Å². The summed E-state index contributed by atoms with van der Waals surface area (Å²) in [5.41, 5.74) is 6.52. The van der Waals surface area contributed by atoms with Crippen molar-refractivity contribution in [2.24, 2.45) is 5.73 Å². The molecule has 0 saturated carbocycles. The Labute approximate surface area is 186 Å². The van der Waals surface area contributed by atoms with Gasteiger partial charge in [-0.3, -0.25) is 10.1 Å². The van der Waals surface area contributed by atoms with Crippen LogP contribution < -0.4 is 21.1 Å². The van der Waals surface area contributed by atoms with E-state index in [0.29, 0.717) is 11.3 Å². The number of methoxy groups -OCH3 is 1. The van der Waals surface area contributed by atoms with Gasteiger partial charge in [0.15, 0.2) is 10.9 Å². The predicted molar refractivity (Wildman–Crippen MR) is 117 cm³/mol. The van der Waals surface area contributed by atoms with E-state index in [9.17, 15) is 19.2 Å². The van der Waals surface area contributed by atoms with E-state index in [1.165, 1.54) is 7.11 Å². The molecule has 0 fully saturated rings. The van der Waals surface area contributed by atoms with Crippen molar-refractivity contribution >= 4 is 46.0 Å². The molecule has 0 bridgehead atoms. The number of primary amides is 1. The third-order valence-corrected chi connectivity index (χ3v) is 5.03. The van der Waals surface area contributed by atoms with Gasteiger partial charge in [0.25, 0.3) is 0 Å². The number of carbonyl (C=O) groups is 4. The lowest BCUT2D eigenvalue weighted by molar-refractivity contribution is 0.0643. The first-order chi connectivity index (χ1) is 15.3. The van der Waals surface area contributed by atoms with Gasteiger partial charge in [-0.1, -0.05) is 35.1 Å². The Kier molecular flexibility index (Phi) is 6.80. The third kappa shape index (κ3) is 5.26. The molecule has 32 heavy (non-hydrogen) atoms. The number of ketones is 1. The largest absolute Gasteiger partial charge is 0.496 e. The Morgan fingerprint density at radius 3 is 2.50 bits per heavy atom. The van der Waals surface area contributed by atoms with E-state index in [0.717, 1.165) is 23.1 Å². The number of rotatable bonds is 6. The Morgan fingerprint density at radius 2 is 1.78 bits per heavy atom. The zero-order valence-corrected chi connectivity index (χ0v) is 17.8. The fourth-order valence-electron chi connectivity index (χ4n) is 2.75. The summed E-state index contributed by atoms with van der Waals surface area (Å²) in [7, 11) is 1.47. The molecule has 1 heterocycles. The maximum Gasteiger partial charge on any atom is 0.412 e. The number of nitrogens with zero attached hydrogens (tertiary/aromatic N) is 1. The summed E-state index contributed by atoms with van der Waals surface area (Å²) in [6.07, 6.45) is -0.115. The van der Waals surface area contributed by atoms with Crippen LogP contribution in [-0.2, 0) is 4.74 Å². The fourth-order valence-corrected chi connectivity index (χ4v) is 3.44. The lowest BCUT2D eigenvalue weighted by Crippen LogP contribution is -2.21. The summed E-state index contributed by atoms with van der Waals surface area (Å²) < 4.78 is 9.53. The summed E-state index contributed by atoms with van der Waals surface area (Å²) in [6, 6.07) is 11.1. The Balaban J connectivity index is 1.79. The molecule has 0 aliphatic carbocycles. The van der Waals surface area contributed by atoms with Crippen LogP contribution >= 0.6 is 11.3 Å². The molecule has 3 aromatic rings. The number of ether oxygens (including phenoxy) is 2. The molecule has 164 valence electrons. The number of amides is 3. The van der Waals surface area contributed by atoms with Gasteiger partial charge in [-0.05, 0) is 31.2 Å². The van der Waals surface area contributed by atoms with Crippen molar-refractivity contribution in [3.8, 4) is 5.75 Å². The SMILES string of the molecule is COc1ccccc1C(=O)c1cc(C)ccc1NC(=O)Nc1ncc(C(=O)OC(N)=O)s1. The molecule has 0 atom stereocenters. The number of thiazole rings is 1. The number of nitrogens with one attached hydrogen (secondary N) is 2. The van der Waals surface area contributed by atoms with Crippen molar-refractivity contribution < 1.29 is 28.7 Å². The Hall–Kier alpha value is -4.25. The van der Waals surface area contributed by atoms with E-state index in [4.69, 9.17) is 10.5 Å². The summed E-state index contributed by atoms with van der Waals surface area (Å²) in [4.78, 5) is 51.8. The number of esters is 1. The molecule has 1 aromatic heterocycles. The zero-order valence-electron chi connectivity index (χ0n) is 17.0. The quantitative estimate of drug-likeness (QED) is 0.293. The number of para-hydroxylation sites is 1. The molecule has 0 aliphatic heterocycles. The van der Waals surface area contributed by atoms with Crippen LogP contribution in [0.3, 0.4) is 0 Å². The van der Waals surface area contributed by atoms with Crippen molar-refractivity contribution in [2.45, 2.75) is 6.92 Å². The standard InChI is InChI=1S/C21H18N4O6S/c1-11-7-8-14(13(9-11)17(26)12-5-3-4-6-15(12)30-2)24-20(29)25-21-23-10-16(32-21)18(27)31-19(22)28/h3-10H,1-2H3,(H2,22,28)(H2,23,24,25,29). The van der Waals surface area contributed by atoms with Gasteiger partial charge in [-0.15, -0.1) is 0 Å². The topological polar surface area (TPSA) is 150 Å². The van der Waals surface area contributed by atoms with E-state index >= 15 is 0 Å². The van der Waals surface area contributed by atoms with Gasteiger partial charge in [0.1, 0.15) is 10.6 Å². The molecule has 0 unspecified atom stereocenters. The van der Waals surface area contributed by atoms with Crippen LogP contribution in [0.4, 0.5) is 20.4 Å². The first-order valence-electron chi connectivity index (χ1n) is 9.12. The highest BCUT2D eigenvalue weighted by atomic mass is 32.1. The molecule has 3 amide bonds. The van der Waals surface area contributed by atoms with Gasteiger partial charge in [-0.25, -0.2) is 19.4 Å². The average Bonchev–Trinajstić information content (AvgIpc) is 3.22. The van der Waals surface area contributed by atoms with Crippen LogP contribution in [0.25, 0.3) is 0 Å². The number of hydrogen-bond donors (Lipinski definition) is 3. The molecule has 0 radical (unpaired) electrons. The molecular formula is C21H18N4O6S. The molecule has 2 aromatic carbocycles. The fraction of sp³-hybridized carbons (Fsp3) is 0.0952. The highest BCUT2D eigenvalue weighted by Gasteiger charge is 2.20. The normalized spacial score (nSPS) is 10.2. The minimum atomic E-state index is -1.25. The number of aryl methyl sites for hydroxylation is 1. The van der Waals surface area contributed by atoms with E-state index in [-0.39, 0.29) is 27.0 Å². The smallest absolute Gasteiger partial charge is 0.412 e. The highest BCUT2D eigenvalue weighted by Crippen LogP contribution is 2.26. The Morgan fingerprint density at radius 1 is 1.03 bits per heavy atom. The summed E-state index contributed by atoms with van der Waals surface area (Å²) in [5, 5.41) is 5.14. The van der Waals surface area contributed by atoms with Gasteiger partial charge in [0, 0.05) is 5.56 Å². The van der Waals surface area contributed by atoms with Crippen LogP contribution in [0.1, 0.15) is 31.2 Å². The summed E-state index contributed by atoms with van der Waals surface area (Å²) >= 11 is 0.788. The van der Waals surface area contributed by atoms with Crippen molar-refractivity contribution in [1.82, 2.24) is 4.98 Å². The number of anilines is 2. The molecular weight excluding hydrogens is 436 g/mol. The molecule has 11 heteroatoms. The first kappa shape index (κ1) is 22.4. The van der Waals surface area contributed by atoms with Crippen molar-refractivity contribution in [2.75, 3.05) is 17.7 Å². The average molecular weight is 454 g/mol. The van der Waals surface area contributed by atoms with Crippen LogP contribution in [0.15, 0.2) is 48.7 Å². The van der Waals surface area contributed by atoms with Crippen LogP contribution in [0.5, 0.6) is 5.75 Å². The molecule has 0 saturated heterocycles. The second kappa shape index (κ2) is 9.71. The van der Waals surface area contributed by atoms with Crippen LogP contribution in [-0.4, -0.2) is 36.0 Å². The lowest BCUT2D eigenvalue weighted by atomic mass is 9.99. The molecule has 4 N–H and O–H groups in total. The van der Waals surface area contributed by atoms with Gasteiger partial charge in [-0.2, -0.15) is 0 Å². The van der Waals surface area contributed by atoms with Crippen LogP contribution in [0, 0.1) is 6.92 Å². The first-order valence-corrected chi connectivity index (χ1v) is 9.94. The van der Waals surface area contributed by atoms with Crippen molar-refractivity contribution in [3.63, 3.8) is 0 Å². The van der Waals surface area contributed by atoms with Gasteiger partial charge in [0.2, 0.25) is 0 Å². The van der Waals surface area contributed by atoms with Crippen LogP contribution in [0.2, 0.25) is 0 Å². The van der Waals surface area contributed by atoms with Crippen molar-refractivity contribution in [3.05, 3.63) is 70.2 Å². The number of benzene rings is 2. The summed E-state index contributed by atoms with van der Waals surface area (Å²) in [6.45, 7) is 1.82. The second-order valence-electron chi connectivity index (χ2n) is 6.40. The monoisotopic (exact) mass is 454 g/mol. The molecule has 0 spiro atoms. The number of urea groups is 1. The number of carbonyl (C=O) groups excluding carboxylic acids is 4. The van der Waals surface area contributed by atoms with Gasteiger partial charge in [0.05, 0.1) is 24.6 Å².